The molecule has 42 heavy (non-hydrogen) atoms. The lowest BCUT2D eigenvalue weighted by molar-refractivity contribution is 0.0734. The highest BCUT2D eigenvalue weighted by Gasteiger charge is 2.24. The quantitative estimate of drug-likeness (QED) is 0.110. The Balaban J connectivity index is 1.24. The Kier molecular flexibility index (Phi) is 7.95. The van der Waals surface area contributed by atoms with Crippen LogP contribution in [-0.4, -0.2) is 11.8 Å². The molecule has 3 heteroatoms. The summed E-state index contributed by atoms with van der Waals surface area (Å²) in [6.07, 6.45) is 0. The van der Waals surface area contributed by atoms with Crippen molar-refractivity contribution >= 4 is 11.8 Å². The van der Waals surface area contributed by atoms with Crippen LogP contribution in [-0.2, 0) is 10.8 Å². The van der Waals surface area contributed by atoms with Crippen molar-refractivity contribution in [1.29, 1.82) is 0 Å². The van der Waals surface area contributed by atoms with Crippen LogP contribution in [0.2, 0.25) is 0 Å². The van der Waals surface area contributed by atoms with Crippen LogP contribution >= 0.6 is 0 Å². The van der Waals surface area contributed by atoms with Gasteiger partial charge in [-0.2, -0.15) is 0 Å². The lowest BCUT2D eigenvalue weighted by atomic mass is 9.78. The molecular formula is C39H36O3. The lowest BCUT2D eigenvalue weighted by Gasteiger charge is -2.26. The maximum absolute atomic E-state index is 13.2. The highest BCUT2D eigenvalue weighted by atomic mass is 16.5. The summed E-state index contributed by atoms with van der Waals surface area (Å²) < 4.78 is 5.63. The fourth-order valence-corrected chi connectivity index (χ4v) is 5.23. The Morgan fingerprint density at radius 2 is 0.857 bits per heavy atom. The molecule has 0 aliphatic heterocycles. The largest absolute Gasteiger partial charge is 0.423 e. The zero-order valence-electron chi connectivity index (χ0n) is 24.8. The molecule has 0 saturated heterocycles. The zero-order chi connectivity index (χ0) is 29.9. The summed E-state index contributed by atoms with van der Waals surface area (Å²) in [5, 5.41) is 0. The first-order valence-corrected chi connectivity index (χ1v) is 14.3. The van der Waals surface area contributed by atoms with E-state index in [2.05, 4.69) is 71.0 Å². The number of benzene rings is 5. The van der Waals surface area contributed by atoms with Gasteiger partial charge in [0, 0.05) is 22.0 Å². The summed E-state index contributed by atoms with van der Waals surface area (Å²) in [6.45, 7) is 10.8. The molecule has 0 aromatic heterocycles. The number of rotatable bonds is 8. The molecule has 0 aliphatic carbocycles. The highest BCUT2D eigenvalue weighted by Crippen LogP contribution is 2.33. The summed E-state index contributed by atoms with van der Waals surface area (Å²) in [4.78, 5) is 26.0. The monoisotopic (exact) mass is 552 g/mol. The highest BCUT2D eigenvalue weighted by molar-refractivity contribution is 6.09. The standard InChI is InChI=1S/C39H36O3/c1-27-11-19-32(20-12-27)39(4,5)34-23-25-35(26-24-34)42-37(41)30-15-13-28(14-16-30)36(40)29-17-21-33(22-18-29)38(2,3)31-9-7-6-8-10-31/h6-26H,1-5H3. The maximum Gasteiger partial charge on any atom is 0.343 e. The van der Waals surface area contributed by atoms with Gasteiger partial charge in [0.25, 0.3) is 0 Å². The Morgan fingerprint density at radius 3 is 1.36 bits per heavy atom. The van der Waals surface area contributed by atoms with E-state index in [0.29, 0.717) is 22.4 Å². The molecule has 0 amide bonds. The molecule has 0 bridgehead atoms. The second-order valence-corrected chi connectivity index (χ2v) is 11.9. The molecule has 0 spiro atoms. The minimum Gasteiger partial charge on any atom is -0.423 e. The van der Waals surface area contributed by atoms with Crippen molar-refractivity contribution in [2.24, 2.45) is 0 Å². The van der Waals surface area contributed by atoms with Gasteiger partial charge < -0.3 is 4.74 Å². The number of hydrogen-bond acceptors (Lipinski definition) is 3. The third-order valence-corrected chi connectivity index (χ3v) is 8.31. The number of hydrogen-bond donors (Lipinski definition) is 0. The van der Waals surface area contributed by atoms with Crippen molar-refractivity contribution in [3.8, 4) is 5.75 Å². The second-order valence-electron chi connectivity index (χ2n) is 11.9. The molecule has 210 valence electrons. The van der Waals surface area contributed by atoms with E-state index < -0.39 is 5.97 Å². The molecule has 0 aliphatic rings. The molecule has 0 fully saturated rings. The van der Waals surface area contributed by atoms with Crippen molar-refractivity contribution < 1.29 is 14.3 Å². The van der Waals surface area contributed by atoms with E-state index in [0.717, 1.165) is 11.1 Å². The molecule has 5 aromatic carbocycles. The average molecular weight is 553 g/mol. The van der Waals surface area contributed by atoms with E-state index in [1.54, 1.807) is 24.3 Å². The lowest BCUT2D eigenvalue weighted by Crippen LogP contribution is -2.19. The number of ketones is 1. The first-order chi connectivity index (χ1) is 20.1. The first kappa shape index (κ1) is 28.8. The van der Waals surface area contributed by atoms with Crippen LogP contribution in [0.3, 0.4) is 0 Å². The normalized spacial score (nSPS) is 11.6. The third kappa shape index (κ3) is 5.96. The second kappa shape index (κ2) is 11.6. The van der Waals surface area contributed by atoms with Gasteiger partial charge in [-0.05, 0) is 53.4 Å². The van der Waals surface area contributed by atoms with Gasteiger partial charge in [-0.25, -0.2) is 4.79 Å². The van der Waals surface area contributed by atoms with Crippen LogP contribution in [0.5, 0.6) is 5.75 Å². The van der Waals surface area contributed by atoms with Crippen molar-refractivity contribution in [3.63, 3.8) is 0 Å². The maximum atomic E-state index is 13.2. The van der Waals surface area contributed by atoms with Crippen molar-refractivity contribution in [3.05, 3.63) is 172 Å². The summed E-state index contributed by atoms with van der Waals surface area (Å²) >= 11 is 0. The Hall–Kier alpha value is -4.76. The van der Waals surface area contributed by atoms with Gasteiger partial charge in [0.15, 0.2) is 5.78 Å². The van der Waals surface area contributed by atoms with Gasteiger partial charge in [-0.1, -0.05) is 136 Å². The fourth-order valence-electron chi connectivity index (χ4n) is 5.23. The van der Waals surface area contributed by atoms with Crippen molar-refractivity contribution in [2.45, 2.75) is 45.4 Å². The number of esters is 1. The minimum atomic E-state index is -0.466. The predicted octanol–water partition coefficient (Wildman–Crippen LogP) is 9.10. The van der Waals surface area contributed by atoms with Crippen LogP contribution in [0.15, 0.2) is 127 Å². The molecule has 0 heterocycles. The van der Waals surface area contributed by atoms with E-state index in [1.807, 2.05) is 66.7 Å². The fraction of sp³-hybridized carbons (Fsp3) is 0.179. The number of carbonyl (C=O) groups excluding carboxylic acids is 2. The summed E-state index contributed by atoms with van der Waals surface area (Å²) in [7, 11) is 0. The topological polar surface area (TPSA) is 43.4 Å². The average Bonchev–Trinajstić information content (AvgIpc) is 3.02. The molecule has 0 unspecified atom stereocenters. The molecule has 0 atom stereocenters. The van der Waals surface area contributed by atoms with Gasteiger partial charge in [0.1, 0.15) is 5.75 Å². The molecule has 0 N–H and O–H groups in total. The van der Waals surface area contributed by atoms with Gasteiger partial charge in [-0.3, -0.25) is 4.79 Å². The molecule has 5 rings (SSSR count). The van der Waals surface area contributed by atoms with E-state index in [9.17, 15) is 9.59 Å². The molecule has 0 radical (unpaired) electrons. The Labute approximate surface area is 248 Å². The van der Waals surface area contributed by atoms with Crippen LogP contribution in [0.1, 0.15) is 81.8 Å². The van der Waals surface area contributed by atoms with Gasteiger partial charge in [-0.15, -0.1) is 0 Å². The Morgan fingerprint density at radius 1 is 0.476 bits per heavy atom. The van der Waals surface area contributed by atoms with E-state index in [4.69, 9.17) is 4.74 Å². The van der Waals surface area contributed by atoms with Crippen LogP contribution < -0.4 is 4.74 Å². The third-order valence-electron chi connectivity index (χ3n) is 8.31. The molecule has 3 nitrogen and oxygen atoms in total. The summed E-state index contributed by atoms with van der Waals surface area (Å²) in [6, 6.07) is 40.9. The van der Waals surface area contributed by atoms with Crippen LogP contribution in [0.4, 0.5) is 0 Å². The van der Waals surface area contributed by atoms with Gasteiger partial charge >= 0.3 is 5.97 Å². The van der Waals surface area contributed by atoms with Crippen molar-refractivity contribution in [2.75, 3.05) is 0 Å². The van der Waals surface area contributed by atoms with E-state index in [1.165, 1.54) is 16.7 Å². The predicted molar refractivity (Wildman–Crippen MR) is 170 cm³/mol. The van der Waals surface area contributed by atoms with Gasteiger partial charge in [0.05, 0.1) is 5.56 Å². The van der Waals surface area contributed by atoms with Crippen molar-refractivity contribution in [1.82, 2.24) is 0 Å². The summed E-state index contributed by atoms with van der Waals surface area (Å²) in [5.74, 6) is -0.0834. The smallest absolute Gasteiger partial charge is 0.343 e. The van der Waals surface area contributed by atoms with Crippen LogP contribution in [0, 0.1) is 6.92 Å². The van der Waals surface area contributed by atoms with E-state index >= 15 is 0 Å². The molecular weight excluding hydrogens is 516 g/mol. The number of carbonyl (C=O) groups is 2. The number of ether oxygens (including phenoxy) is 1. The minimum absolute atomic E-state index is 0.0919. The molecule has 5 aromatic rings. The zero-order valence-corrected chi connectivity index (χ0v) is 24.8. The van der Waals surface area contributed by atoms with Gasteiger partial charge in [0.2, 0.25) is 0 Å². The van der Waals surface area contributed by atoms with E-state index in [-0.39, 0.29) is 16.6 Å². The Bertz CT molecular complexity index is 1680. The molecule has 0 saturated carbocycles. The summed E-state index contributed by atoms with van der Waals surface area (Å²) in [5.41, 5.74) is 7.08. The SMILES string of the molecule is Cc1ccc(C(C)(C)c2ccc(OC(=O)c3ccc(C(=O)c4ccc(C(C)(C)c5ccccc5)cc4)cc3)cc2)cc1. The van der Waals surface area contributed by atoms with Crippen LogP contribution in [0.25, 0.3) is 0 Å². The first-order valence-electron chi connectivity index (χ1n) is 14.3. The number of aryl methyl sites for hydroxylation is 1.